The molecule has 2 N–H and O–H groups in total. The lowest BCUT2D eigenvalue weighted by Crippen LogP contribution is -2.39. The Labute approximate surface area is 224 Å². The zero-order chi connectivity index (χ0) is 24.7. The van der Waals surface area contributed by atoms with E-state index in [0.29, 0.717) is 0 Å². The quantitative estimate of drug-likeness (QED) is 0.363. The highest BCUT2D eigenvalue weighted by Crippen LogP contribution is 2.24. The molecule has 3 heterocycles. The first-order valence-corrected chi connectivity index (χ1v) is 13.6. The number of thiocarbonyl (C=S) groups is 2. The molecule has 186 valence electrons. The SMILES string of the molecule is S=C(Nc1ccccc1)[C@H]1CCCN1Cc1cccc(CN2CCC[C@@H]2C(=S)Nc2ccccc2)n1. The number of pyridine rings is 1. The van der Waals surface area contributed by atoms with Gasteiger partial charge in [0.15, 0.2) is 0 Å². The Hall–Kier alpha value is -2.71. The maximum atomic E-state index is 5.80. The van der Waals surface area contributed by atoms with E-state index in [4.69, 9.17) is 29.4 Å². The van der Waals surface area contributed by atoms with Gasteiger partial charge in [0.1, 0.15) is 0 Å². The van der Waals surface area contributed by atoms with E-state index in [1.54, 1.807) is 0 Å². The van der Waals surface area contributed by atoms with Crippen LogP contribution in [0.3, 0.4) is 0 Å². The van der Waals surface area contributed by atoms with E-state index in [2.05, 4.69) is 62.9 Å². The van der Waals surface area contributed by atoms with Crippen LogP contribution >= 0.6 is 24.4 Å². The molecule has 2 aliphatic rings. The molecule has 1 aromatic heterocycles. The van der Waals surface area contributed by atoms with Crippen LogP contribution in [0.4, 0.5) is 11.4 Å². The summed E-state index contributed by atoms with van der Waals surface area (Å²) in [5, 5.41) is 6.87. The maximum Gasteiger partial charge on any atom is 0.0972 e. The van der Waals surface area contributed by atoms with E-state index in [9.17, 15) is 0 Å². The first kappa shape index (κ1) is 25.0. The highest BCUT2D eigenvalue weighted by atomic mass is 32.1. The average molecular weight is 516 g/mol. The molecule has 0 radical (unpaired) electrons. The number of hydrogen-bond acceptors (Lipinski definition) is 5. The molecule has 3 aromatic rings. The van der Waals surface area contributed by atoms with Gasteiger partial charge in [-0.15, -0.1) is 0 Å². The number of nitrogens with zero attached hydrogens (tertiary/aromatic N) is 3. The van der Waals surface area contributed by atoms with Crippen LogP contribution in [0.2, 0.25) is 0 Å². The van der Waals surface area contributed by atoms with Crippen molar-refractivity contribution < 1.29 is 0 Å². The molecule has 2 fully saturated rings. The minimum atomic E-state index is 0.245. The second-order valence-corrected chi connectivity index (χ2v) is 10.5. The summed E-state index contributed by atoms with van der Waals surface area (Å²) in [4.78, 5) is 11.8. The largest absolute Gasteiger partial charge is 0.349 e. The van der Waals surface area contributed by atoms with Crippen molar-refractivity contribution in [2.24, 2.45) is 0 Å². The molecular formula is C29H33N5S2. The van der Waals surface area contributed by atoms with E-state index < -0.39 is 0 Å². The zero-order valence-electron chi connectivity index (χ0n) is 20.5. The van der Waals surface area contributed by atoms with Crippen molar-refractivity contribution in [3.8, 4) is 0 Å². The summed E-state index contributed by atoms with van der Waals surface area (Å²) in [5.41, 5.74) is 4.30. The van der Waals surface area contributed by atoms with Crippen molar-refractivity contribution in [2.45, 2.75) is 50.9 Å². The molecule has 2 atom stereocenters. The molecule has 5 nitrogen and oxygen atoms in total. The fourth-order valence-corrected chi connectivity index (χ4v) is 6.01. The van der Waals surface area contributed by atoms with E-state index in [1.165, 1.54) is 0 Å². The van der Waals surface area contributed by atoms with E-state index in [-0.39, 0.29) is 12.1 Å². The van der Waals surface area contributed by atoms with Gasteiger partial charge in [-0.25, -0.2) is 0 Å². The van der Waals surface area contributed by atoms with E-state index >= 15 is 0 Å². The molecule has 0 aliphatic carbocycles. The lowest BCUT2D eigenvalue weighted by atomic mass is 10.2. The highest BCUT2D eigenvalue weighted by molar-refractivity contribution is 7.81. The summed E-state index contributed by atoms with van der Waals surface area (Å²) in [5.74, 6) is 0. The fourth-order valence-electron chi connectivity index (χ4n) is 5.24. The number of hydrogen-bond donors (Lipinski definition) is 2. The van der Waals surface area contributed by atoms with E-state index in [0.717, 1.165) is 84.6 Å². The normalized spacial score (nSPS) is 20.3. The Bertz CT molecular complexity index is 1080. The molecule has 0 spiro atoms. The predicted octanol–water partition coefficient (Wildman–Crippen LogP) is 5.89. The number of aromatic nitrogens is 1. The number of anilines is 2. The number of para-hydroxylation sites is 2. The molecule has 36 heavy (non-hydrogen) atoms. The first-order chi connectivity index (χ1) is 17.7. The number of rotatable bonds is 8. The van der Waals surface area contributed by atoms with Crippen LogP contribution in [0.5, 0.6) is 0 Å². The molecule has 7 heteroatoms. The Morgan fingerprint density at radius 1 is 0.667 bits per heavy atom. The summed E-state index contributed by atoms with van der Waals surface area (Å²) >= 11 is 11.6. The van der Waals surface area contributed by atoms with Crippen LogP contribution in [0, 0.1) is 0 Å². The Kier molecular flexibility index (Phi) is 8.33. The third kappa shape index (κ3) is 6.34. The van der Waals surface area contributed by atoms with Gasteiger partial charge in [0.05, 0.1) is 33.4 Å². The molecule has 0 amide bonds. The summed E-state index contributed by atoms with van der Waals surface area (Å²) in [6.45, 7) is 3.71. The van der Waals surface area contributed by atoms with Crippen LogP contribution < -0.4 is 10.6 Å². The van der Waals surface area contributed by atoms with Gasteiger partial charge in [0.25, 0.3) is 0 Å². The van der Waals surface area contributed by atoms with Gasteiger partial charge in [0, 0.05) is 24.5 Å². The number of likely N-dealkylation sites (tertiary alicyclic amines) is 2. The van der Waals surface area contributed by atoms with Crippen molar-refractivity contribution in [1.29, 1.82) is 0 Å². The van der Waals surface area contributed by atoms with Crippen molar-refractivity contribution in [2.75, 3.05) is 23.7 Å². The second kappa shape index (κ2) is 12.0. The minimum Gasteiger partial charge on any atom is -0.349 e. The molecule has 2 saturated heterocycles. The third-order valence-electron chi connectivity index (χ3n) is 7.01. The van der Waals surface area contributed by atoms with Crippen molar-refractivity contribution >= 4 is 45.8 Å². The van der Waals surface area contributed by atoms with Gasteiger partial charge in [-0.2, -0.15) is 0 Å². The van der Waals surface area contributed by atoms with Gasteiger partial charge in [-0.05, 0) is 75.2 Å². The molecular weight excluding hydrogens is 482 g/mol. The summed E-state index contributed by atoms with van der Waals surface area (Å²) in [7, 11) is 0. The van der Waals surface area contributed by atoms with Gasteiger partial charge in [-0.3, -0.25) is 14.8 Å². The van der Waals surface area contributed by atoms with Crippen LogP contribution in [0.1, 0.15) is 37.1 Å². The Balaban J connectivity index is 1.20. The summed E-state index contributed by atoms with van der Waals surface area (Å²) < 4.78 is 0. The van der Waals surface area contributed by atoms with Gasteiger partial charge in [-0.1, -0.05) is 66.9 Å². The van der Waals surface area contributed by atoms with Gasteiger partial charge in [0.2, 0.25) is 0 Å². The van der Waals surface area contributed by atoms with Crippen LogP contribution in [0.25, 0.3) is 0 Å². The lowest BCUT2D eigenvalue weighted by Gasteiger charge is -2.27. The maximum absolute atomic E-state index is 5.80. The molecule has 0 unspecified atom stereocenters. The van der Waals surface area contributed by atoms with Crippen LogP contribution in [-0.2, 0) is 13.1 Å². The first-order valence-electron chi connectivity index (χ1n) is 12.8. The molecule has 0 saturated carbocycles. The smallest absolute Gasteiger partial charge is 0.0972 e. The van der Waals surface area contributed by atoms with Gasteiger partial charge < -0.3 is 10.6 Å². The topological polar surface area (TPSA) is 43.4 Å². The van der Waals surface area contributed by atoms with Crippen molar-refractivity contribution in [3.63, 3.8) is 0 Å². The van der Waals surface area contributed by atoms with Crippen molar-refractivity contribution in [3.05, 3.63) is 90.3 Å². The Morgan fingerprint density at radius 3 is 1.56 bits per heavy atom. The molecule has 5 rings (SSSR count). The minimum absolute atomic E-state index is 0.245. The highest BCUT2D eigenvalue weighted by Gasteiger charge is 2.30. The standard InChI is InChI=1S/C29H33N5S2/c35-28(31-22-10-3-1-4-11-22)26-16-8-18-33(26)20-24-14-7-15-25(30-24)21-34-19-9-17-27(34)29(36)32-23-12-5-2-6-13-23/h1-7,10-15,26-27H,8-9,16-21H2,(H,31,35)(H,32,36)/t26-,27-/m1/s1. The van der Waals surface area contributed by atoms with Crippen LogP contribution in [-0.4, -0.2) is 49.9 Å². The summed E-state index contributed by atoms with van der Waals surface area (Å²) in [6, 6.07) is 27.3. The number of nitrogens with one attached hydrogen (secondary N) is 2. The monoisotopic (exact) mass is 515 g/mol. The molecule has 0 bridgehead atoms. The zero-order valence-corrected chi connectivity index (χ0v) is 22.1. The Morgan fingerprint density at radius 2 is 1.11 bits per heavy atom. The third-order valence-corrected chi connectivity index (χ3v) is 7.76. The summed E-state index contributed by atoms with van der Waals surface area (Å²) in [6.07, 6.45) is 4.48. The lowest BCUT2D eigenvalue weighted by molar-refractivity contribution is 0.284. The van der Waals surface area contributed by atoms with E-state index in [1.807, 2.05) is 36.4 Å². The average Bonchev–Trinajstić information content (AvgIpc) is 3.55. The van der Waals surface area contributed by atoms with Crippen LogP contribution in [0.15, 0.2) is 78.9 Å². The molecule has 2 aliphatic heterocycles. The fraction of sp³-hybridized carbons (Fsp3) is 0.345. The number of benzene rings is 2. The van der Waals surface area contributed by atoms with Gasteiger partial charge >= 0.3 is 0 Å². The molecule has 2 aromatic carbocycles. The predicted molar refractivity (Wildman–Crippen MR) is 156 cm³/mol. The second-order valence-electron chi connectivity index (χ2n) is 9.59. The van der Waals surface area contributed by atoms with Crippen molar-refractivity contribution in [1.82, 2.24) is 14.8 Å².